The second-order valence-electron chi connectivity index (χ2n) is 6.25. The van der Waals surface area contributed by atoms with Crippen molar-refractivity contribution < 1.29 is 29.5 Å². The Hall–Kier alpha value is -0.240. The van der Waals surface area contributed by atoms with E-state index in [-0.39, 0.29) is 6.61 Å². The zero-order chi connectivity index (χ0) is 17.1. The lowest BCUT2D eigenvalue weighted by Crippen LogP contribution is -2.59. The molecule has 0 spiro atoms. The highest BCUT2D eigenvalue weighted by Gasteiger charge is 2.45. The Balaban J connectivity index is 2.19. The molecule has 1 rings (SSSR count). The second kappa shape index (κ2) is 12.2. The third-order valence-corrected chi connectivity index (χ3v) is 4.36. The van der Waals surface area contributed by atoms with Gasteiger partial charge in [0, 0.05) is 13.7 Å². The lowest BCUT2D eigenvalue weighted by atomic mass is 9.99. The highest BCUT2D eigenvalue weighted by Crippen LogP contribution is 2.24. The molecule has 0 aromatic carbocycles. The highest BCUT2D eigenvalue weighted by molar-refractivity contribution is 4.90. The van der Waals surface area contributed by atoms with E-state index in [1.807, 2.05) is 0 Å². The lowest BCUT2D eigenvalue weighted by molar-refractivity contribution is -0.301. The second-order valence-corrected chi connectivity index (χ2v) is 6.25. The predicted molar refractivity (Wildman–Crippen MR) is 87.1 cm³/mol. The fourth-order valence-corrected chi connectivity index (χ4v) is 2.91. The Morgan fingerprint density at radius 1 is 0.913 bits per heavy atom. The summed E-state index contributed by atoms with van der Waals surface area (Å²) in [6.07, 6.45) is 4.96. The van der Waals surface area contributed by atoms with Gasteiger partial charge >= 0.3 is 0 Å². The number of unbranched alkanes of at least 4 members (excludes halogenated alkanes) is 7. The van der Waals surface area contributed by atoms with E-state index >= 15 is 0 Å². The SMILES string of the molecule is CCCCCCCCCCO[C@H]1[C@H](O)[C@@H](O)[C@H](OC)O[C@@H]1CO. The van der Waals surface area contributed by atoms with Gasteiger partial charge in [0.15, 0.2) is 6.29 Å². The van der Waals surface area contributed by atoms with Crippen molar-refractivity contribution >= 4 is 0 Å². The van der Waals surface area contributed by atoms with Crippen LogP contribution >= 0.6 is 0 Å². The molecule has 0 amide bonds. The van der Waals surface area contributed by atoms with Gasteiger partial charge in [-0.2, -0.15) is 0 Å². The molecule has 5 atom stereocenters. The van der Waals surface area contributed by atoms with Gasteiger partial charge in [0.2, 0.25) is 0 Å². The molecule has 0 saturated carbocycles. The maximum absolute atomic E-state index is 10.1. The van der Waals surface area contributed by atoms with E-state index in [1.165, 1.54) is 45.6 Å². The molecule has 0 bridgehead atoms. The molecule has 0 unspecified atom stereocenters. The molecule has 1 aliphatic heterocycles. The molecule has 1 fully saturated rings. The van der Waals surface area contributed by atoms with E-state index in [0.717, 1.165) is 12.8 Å². The highest BCUT2D eigenvalue weighted by atomic mass is 16.7. The molecule has 138 valence electrons. The van der Waals surface area contributed by atoms with E-state index < -0.39 is 30.7 Å². The molecular weight excluding hydrogens is 300 g/mol. The van der Waals surface area contributed by atoms with Crippen molar-refractivity contribution in [2.75, 3.05) is 20.3 Å². The van der Waals surface area contributed by atoms with Crippen LogP contribution in [0.15, 0.2) is 0 Å². The summed E-state index contributed by atoms with van der Waals surface area (Å²) < 4.78 is 16.0. The summed E-state index contributed by atoms with van der Waals surface area (Å²) in [7, 11) is 1.39. The molecule has 3 N–H and O–H groups in total. The summed E-state index contributed by atoms with van der Waals surface area (Å²) in [5.41, 5.74) is 0. The third-order valence-electron chi connectivity index (χ3n) is 4.36. The molecule has 23 heavy (non-hydrogen) atoms. The van der Waals surface area contributed by atoms with Crippen molar-refractivity contribution in [1.82, 2.24) is 0 Å². The van der Waals surface area contributed by atoms with Gasteiger partial charge < -0.3 is 29.5 Å². The number of methoxy groups -OCH3 is 1. The molecular formula is C17H34O6. The Kier molecular flexibility index (Phi) is 11.0. The van der Waals surface area contributed by atoms with Crippen LogP contribution in [0.4, 0.5) is 0 Å². The van der Waals surface area contributed by atoms with Gasteiger partial charge in [0.05, 0.1) is 6.61 Å². The summed E-state index contributed by atoms with van der Waals surface area (Å²) >= 11 is 0. The molecule has 6 heteroatoms. The van der Waals surface area contributed by atoms with Crippen LogP contribution in [0.25, 0.3) is 0 Å². The van der Waals surface area contributed by atoms with Crippen molar-refractivity contribution in [2.24, 2.45) is 0 Å². The Morgan fingerprint density at radius 2 is 1.52 bits per heavy atom. The van der Waals surface area contributed by atoms with E-state index in [2.05, 4.69) is 6.92 Å². The number of aliphatic hydroxyl groups excluding tert-OH is 3. The van der Waals surface area contributed by atoms with Crippen molar-refractivity contribution in [3.05, 3.63) is 0 Å². The Morgan fingerprint density at radius 3 is 2.09 bits per heavy atom. The molecule has 0 aromatic heterocycles. The summed E-state index contributed by atoms with van der Waals surface area (Å²) in [4.78, 5) is 0. The average molecular weight is 334 g/mol. The minimum absolute atomic E-state index is 0.286. The molecule has 1 heterocycles. The van der Waals surface area contributed by atoms with Crippen LogP contribution < -0.4 is 0 Å². The monoisotopic (exact) mass is 334 g/mol. The van der Waals surface area contributed by atoms with Crippen LogP contribution in [0, 0.1) is 0 Å². The molecule has 0 radical (unpaired) electrons. The van der Waals surface area contributed by atoms with E-state index in [4.69, 9.17) is 14.2 Å². The predicted octanol–water partition coefficient (Wildman–Crippen LogP) is 1.60. The van der Waals surface area contributed by atoms with Gasteiger partial charge in [-0.25, -0.2) is 0 Å². The van der Waals surface area contributed by atoms with Gasteiger partial charge in [-0.1, -0.05) is 51.9 Å². The van der Waals surface area contributed by atoms with Crippen LogP contribution in [0.1, 0.15) is 58.3 Å². The van der Waals surface area contributed by atoms with Crippen molar-refractivity contribution in [3.8, 4) is 0 Å². The number of hydrogen-bond donors (Lipinski definition) is 3. The van der Waals surface area contributed by atoms with Crippen LogP contribution in [-0.2, 0) is 14.2 Å². The van der Waals surface area contributed by atoms with Crippen LogP contribution in [-0.4, -0.2) is 66.3 Å². The van der Waals surface area contributed by atoms with E-state index in [1.54, 1.807) is 0 Å². The van der Waals surface area contributed by atoms with Gasteiger partial charge in [0.25, 0.3) is 0 Å². The van der Waals surface area contributed by atoms with Gasteiger partial charge in [0.1, 0.15) is 24.4 Å². The largest absolute Gasteiger partial charge is 0.394 e. The van der Waals surface area contributed by atoms with Crippen molar-refractivity contribution in [2.45, 2.75) is 89.0 Å². The first-order valence-corrected chi connectivity index (χ1v) is 8.92. The van der Waals surface area contributed by atoms with Crippen molar-refractivity contribution in [1.29, 1.82) is 0 Å². The lowest BCUT2D eigenvalue weighted by Gasteiger charge is -2.41. The minimum atomic E-state index is -1.17. The van der Waals surface area contributed by atoms with Crippen LogP contribution in [0.5, 0.6) is 0 Å². The maximum atomic E-state index is 10.1. The third kappa shape index (κ3) is 7.03. The Labute approximate surface area is 139 Å². The van der Waals surface area contributed by atoms with Gasteiger partial charge in [-0.3, -0.25) is 0 Å². The molecule has 0 aliphatic carbocycles. The fourth-order valence-electron chi connectivity index (χ4n) is 2.91. The van der Waals surface area contributed by atoms with E-state index in [9.17, 15) is 15.3 Å². The zero-order valence-corrected chi connectivity index (χ0v) is 14.5. The smallest absolute Gasteiger partial charge is 0.186 e. The topological polar surface area (TPSA) is 88.4 Å². The minimum Gasteiger partial charge on any atom is -0.394 e. The number of ether oxygens (including phenoxy) is 3. The fraction of sp³-hybridized carbons (Fsp3) is 1.00. The Bertz CT molecular complexity index is 286. The summed E-state index contributed by atoms with van der Waals surface area (Å²) in [6.45, 7) is 2.42. The molecule has 1 saturated heterocycles. The van der Waals surface area contributed by atoms with Crippen LogP contribution in [0.3, 0.4) is 0 Å². The average Bonchev–Trinajstić information content (AvgIpc) is 2.57. The summed E-state index contributed by atoms with van der Waals surface area (Å²) in [6, 6.07) is 0. The number of hydrogen-bond acceptors (Lipinski definition) is 6. The van der Waals surface area contributed by atoms with E-state index in [0.29, 0.717) is 6.61 Å². The molecule has 6 nitrogen and oxygen atoms in total. The normalized spacial score (nSPS) is 31.4. The standard InChI is InChI=1S/C17H34O6/c1-3-4-5-6-7-8-9-10-11-22-16-13(12-18)23-17(21-2)15(20)14(16)19/h13-20H,3-12H2,1-2H3/t13-,14-,15-,16-,17-/m1/s1. The van der Waals surface area contributed by atoms with Crippen molar-refractivity contribution in [3.63, 3.8) is 0 Å². The number of rotatable bonds is 12. The first kappa shape index (κ1) is 20.8. The maximum Gasteiger partial charge on any atom is 0.186 e. The zero-order valence-electron chi connectivity index (χ0n) is 14.5. The van der Waals surface area contributed by atoms with Gasteiger partial charge in [-0.15, -0.1) is 0 Å². The quantitative estimate of drug-likeness (QED) is 0.470. The number of aliphatic hydroxyl groups is 3. The van der Waals surface area contributed by atoms with Crippen LogP contribution in [0.2, 0.25) is 0 Å². The first-order chi connectivity index (χ1) is 11.2. The van der Waals surface area contributed by atoms with Gasteiger partial charge in [-0.05, 0) is 6.42 Å². The summed E-state index contributed by atoms with van der Waals surface area (Å²) in [5.74, 6) is 0. The molecule has 0 aromatic rings. The molecule has 1 aliphatic rings. The first-order valence-electron chi connectivity index (χ1n) is 8.92. The summed E-state index contributed by atoms with van der Waals surface area (Å²) in [5, 5.41) is 29.4.